The van der Waals surface area contributed by atoms with Gasteiger partial charge in [0.2, 0.25) is 0 Å². The van der Waals surface area contributed by atoms with Crippen LogP contribution in [0.5, 0.6) is 0 Å². The summed E-state index contributed by atoms with van der Waals surface area (Å²) in [6.07, 6.45) is 3.44. The van der Waals surface area contributed by atoms with Crippen molar-refractivity contribution in [3.05, 3.63) is 42.4 Å². The van der Waals surface area contributed by atoms with Crippen molar-refractivity contribution in [1.29, 1.82) is 0 Å². The highest BCUT2D eigenvalue weighted by atomic mass is 14.9. The Morgan fingerprint density at radius 1 is 1.22 bits per heavy atom. The number of aromatic amines is 1. The van der Waals surface area contributed by atoms with E-state index in [1.54, 1.807) is 18.5 Å². The Kier molecular flexibility index (Phi) is 2.74. The quantitative estimate of drug-likeness (QED) is 0.730. The van der Waals surface area contributed by atoms with Crippen LogP contribution in [0, 0.1) is 0 Å². The maximum atomic E-state index is 4.56. The monoisotopic (exact) mass is 239 g/mol. The molecule has 0 atom stereocenters. The lowest BCUT2D eigenvalue weighted by atomic mass is 10.3. The topological polar surface area (TPSA) is 66.5 Å². The molecule has 0 unspecified atom stereocenters. The Balaban J connectivity index is 2.05. The molecule has 90 valence electrons. The zero-order valence-corrected chi connectivity index (χ0v) is 10.0. The van der Waals surface area contributed by atoms with Gasteiger partial charge in [0.15, 0.2) is 5.82 Å². The standard InChI is InChI=1S/C13H13N5/c1-14-8-9-7-12-10(17-9)3-4-11(18-12)13-15-5-2-6-16-13/h2-7,14,17H,8H2,1H3. The number of hydrogen-bond acceptors (Lipinski definition) is 4. The van der Waals surface area contributed by atoms with Gasteiger partial charge in [0.25, 0.3) is 0 Å². The molecule has 5 heteroatoms. The highest BCUT2D eigenvalue weighted by Gasteiger charge is 2.05. The van der Waals surface area contributed by atoms with Crippen LogP contribution in [-0.2, 0) is 6.54 Å². The summed E-state index contributed by atoms with van der Waals surface area (Å²) >= 11 is 0. The van der Waals surface area contributed by atoms with Crippen LogP contribution in [0.25, 0.3) is 22.6 Å². The van der Waals surface area contributed by atoms with E-state index in [0.717, 1.165) is 29.0 Å². The molecule has 0 aliphatic carbocycles. The van der Waals surface area contributed by atoms with Crippen molar-refractivity contribution in [2.75, 3.05) is 7.05 Å². The summed E-state index contributed by atoms with van der Waals surface area (Å²) in [5.41, 5.74) is 3.87. The van der Waals surface area contributed by atoms with Crippen molar-refractivity contribution in [3.8, 4) is 11.5 Å². The van der Waals surface area contributed by atoms with Gasteiger partial charge in [-0.2, -0.15) is 0 Å². The average molecular weight is 239 g/mol. The molecule has 0 aromatic carbocycles. The van der Waals surface area contributed by atoms with E-state index in [1.807, 2.05) is 25.2 Å². The van der Waals surface area contributed by atoms with Gasteiger partial charge in [-0.3, -0.25) is 0 Å². The summed E-state index contributed by atoms with van der Waals surface area (Å²) < 4.78 is 0. The minimum absolute atomic E-state index is 0.649. The summed E-state index contributed by atoms with van der Waals surface area (Å²) in [5, 5.41) is 3.11. The molecule has 0 spiro atoms. The second-order valence-corrected chi connectivity index (χ2v) is 4.03. The van der Waals surface area contributed by atoms with Crippen LogP contribution in [0.3, 0.4) is 0 Å². The van der Waals surface area contributed by atoms with E-state index in [4.69, 9.17) is 0 Å². The van der Waals surface area contributed by atoms with Crippen LogP contribution in [0.15, 0.2) is 36.7 Å². The first kappa shape index (κ1) is 10.9. The molecule has 2 N–H and O–H groups in total. The molecule has 3 heterocycles. The van der Waals surface area contributed by atoms with Gasteiger partial charge < -0.3 is 10.3 Å². The molecule has 3 aromatic rings. The van der Waals surface area contributed by atoms with E-state index in [2.05, 4.69) is 25.3 Å². The molecule has 0 radical (unpaired) electrons. The van der Waals surface area contributed by atoms with Crippen molar-refractivity contribution in [2.45, 2.75) is 6.54 Å². The Hall–Kier alpha value is -2.27. The van der Waals surface area contributed by atoms with E-state index >= 15 is 0 Å². The Morgan fingerprint density at radius 2 is 2.06 bits per heavy atom. The van der Waals surface area contributed by atoms with Crippen molar-refractivity contribution in [1.82, 2.24) is 25.3 Å². The Bertz CT molecular complexity index is 659. The molecule has 0 saturated carbocycles. The van der Waals surface area contributed by atoms with Gasteiger partial charge in [0, 0.05) is 24.6 Å². The van der Waals surface area contributed by atoms with Gasteiger partial charge in [-0.25, -0.2) is 15.0 Å². The number of nitrogens with zero attached hydrogens (tertiary/aromatic N) is 3. The van der Waals surface area contributed by atoms with Crippen LogP contribution >= 0.6 is 0 Å². The lowest BCUT2D eigenvalue weighted by Gasteiger charge is -1.97. The molecule has 0 aliphatic heterocycles. The minimum atomic E-state index is 0.649. The average Bonchev–Trinajstić information content (AvgIpc) is 2.81. The fourth-order valence-electron chi connectivity index (χ4n) is 1.91. The summed E-state index contributed by atoms with van der Waals surface area (Å²) in [7, 11) is 1.92. The van der Waals surface area contributed by atoms with Gasteiger partial charge in [0.05, 0.1) is 11.0 Å². The molecule has 3 aromatic heterocycles. The van der Waals surface area contributed by atoms with E-state index in [0.29, 0.717) is 5.82 Å². The molecule has 0 saturated heterocycles. The predicted octanol–water partition coefficient (Wildman–Crippen LogP) is 1.74. The number of nitrogens with one attached hydrogen (secondary N) is 2. The molecule has 0 amide bonds. The SMILES string of the molecule is CNCc1cc2nc(-c3ncccn3)ccc2[nH]1. The zero-order valence-electron chi connectivity index (χ0n) is 10.0. The van der Waals surface area contributed by atoms with Crippen LogP contribution < -0.4 is 5.32 Å². The first-order valence-electron chi connectivity index (χ1n) is 5.77. The summed E-state index contributed by atoms with van der Waals surface area (Å²) in [6, 6.07) is 7.77. The van der Waals surface area contributed by atoms with E-state index in [1.165, 1.54) is 0 Å². The van der Waals surface area contributed by atoms with Crippen LogP contribution in [0.2, 0.25) is 0 Å². The van der Waals surface area contributed by atoms with Crippen LogP contribution in [-0.4, -0.2) is 27.0 Å². The number of aromatic nitrogens is 4. The molecule has 5 nitrogen and oxygen atoms in total. The molecule has 0 bridgehead atoms. The number of H-pyrrole nitrogens is 1. The van der Waals surface area contributed by atoms with E-state index in [-0.39, 0.29) is 0 Å². The second kappa shape index (κ2) is 4.54. The third-order valence-corrected chi connectivity index (χ3v) is 2.69. The number of hydrogen-bond donors (Lipinski definition) is 2. The maximum Gasteiger partial charge on any atom is 0.178 e. The lowest BCUT2D eigenvalue weighted by molar-refractivity contribution is 0.799. The molecule has 0 fully saturated rings. The summed E-state index contributed by atoms with van der Waals surface area (Å²) in [5.74, 6) is 0.649. The summed E-state index contributed by atoms with van der Waals surface area (Å²) in [4.78, 5) is 16.3. The molecule has 3 rings (SSSR count). The fourth-order valence-corrected chi connectivity index (χ4v) is 1.91. The van der Waals surface area contributed by atoms with E-state index in [9.17, 15) is 0 Å². The zero-order chi connectivity index (χ0) is 12.4. The number of rotatable bonds is 3. The van der Waals surface area contributed by atoms with Gasteiger partial charge in [-0.05, 0) is 31.3 Å². The first-order valence-corrected chi connectivity index (χ1v) is 5.77. The highest BCUT2D eigenvalue weighted by molar-refractivity contribution is 5.78. The van der Waals surface area contributed by atoms with Crippen LogP contribution in [0.1, 0.15) is 5.69 Å². The molecular formula is C13H13N5. The van der Waals surface area contributed by atoms with Gasteiger partial charge >= 0.3 is 0 Å². The molecule has 0 aliphatic rings. The largest absolute Gasteiger partial charge is 0.356 e. The normalized spacial score (nSPS) is 10.9. The van der Waals surface area contributed by atoms with Crippen molar-refractivity contribution in [3.63, 3.8) is 0 Å². The third kappa shape index (κ3) is 1.96. The number of pyridine rings is 1. The Morgan fingerprint density at radius 3 is 2.83 bits per heavy atom. The molecule has 18 heavy (non-hydrogen) atoms. The van der Waals surface area contributed by atoms with E-state index < -0.39 is 0 Å². The smallest absolute Gasteiger partial charge is 0.178 e. The fraction of sp³-hybridized carbons (Fsp3) is 0.154. The summed E-state index contributed by atoms with van der Waals surface area (Å²) in [6.45, 7) is 0.799. The van der Waals surface area contributed by atoms with Crippen molar-refractivity contribution < 1.29 is 0 Å². The highest BCUT2D eigenvalue weighted by Crippen LogP contribution is 2.18. The van der Waals surface area contributed by atoms with Crippen molar-refractivity contribution >= 4 is 11.0 Å². The van der Waals surface area contributed by atoms with Crippen LogP contribution in [0.4, 0.5) is 0 Å². The number of fused-ring (bicyclic) bond motifs is 1. The van der Waals surface area contributed by atoms with Gasteiger partial charge in [0.1, 0.15) is 5.69 Å². The molecular weight excluding hydrogens is 226 g/mol. The lowest BCUT2D eigenvalue weighted by Crippen LogP contribution is -2.04. The minimum Gasteiger partial charge on any atom is -0.356 e. The van der Waals surface area contributed by atoms with Gasteiger partial charge in [-0.1, -0.05) is 0 Å². The first-order chi connectivity index (χ1) is 8.86. The van der Waals surface area contributed by atoms with Gasteiger partial charge in [-0.15, -0.1) is 0 Å². The Labute approximate surface area is 104 Å². The second-order valence-electron chi connectivity index (χ2n) is 4.03. The third-order valence-electron chi connectivity index (χ3n) is 2.69. The maximum absolute atomic E-state index is 4.56. The predicted molar refractivity (Wildman–Crippen MR) is 69.9 cm³/mol. The van der Waals surface area contributed by atoms with Crippen molar-refractivity contribution in [2.24, 2.45) is 0 Å².